The Bertz CT molecular complexity index is 656. The van der Waals surface area contributed by atoms with Gasteiger partial charge in [-0.25, -0.2) is 4.98 Å². The van der Waals surface area contributed by atoms with E-state index in [9.17, 15) is 0 Å². The third kappa shape index (κ3) is 1.59. The summed E-state index contributed by atoms with van der Waals surface area (Å²) in [6.07, 6.45) is 3.13. The van der Waals surface area contributed by atoms with E-state index < -0.39 is 0 Å². The average Bonchev–Trinajstić information content (AvgIpc) is 2.89. The number of fused-ring (bicyclic) bond motifs is 1. The van der Waals surface area contributed by atoms with Crippen molar-refractivity contribution < 1.29 is 4.42 Å². The van der Waals surface area contributed by atoms with E-state index >= 15 is 0 Å². The molecule has 0 saturated heterocycles. The second-order valence-electron chi connectivity index (χ2n) is 3.75. The van der Waals surface area contributed by atoms with E-state index in [1.54, 1.807) is 10.9 Å². The van der Waals surface area contributed by atoms with Crippen molar-refractivity contribution in [3.05, 3.63) is 36.5 Å². The van der Waals surface area contributed by atoms with Gasteiger partial charge >= 0.3 is 0 Å². The third-order valence-electron chi connectivity index (χ3n) is 2.57. The van der Waals surface area contributed by atoms with Crippen molar-refractivity contribution in [1.29, 1.82) is 0 Å². The van der Waals surface area contributed by atoms with Crippen molar-refractivity contribution in [3.8, 4) is 0 Å². The third-order valence-corrected chi connectivity index (χ3v) is 2.57. The zero-order chi connectivity index (χ0) is 11.8. The van der Waals surface area contributed by atoms with Crippen LogP contribution in [-0.2, 0) is 6.54 Å². The zero-order valence-corrected chi connectivity index (χ0v) is 9.00. The van der Waals surface area contributed by atoms with Crippen LogP contribution in [0.4, 0.5) is 11.5 Å². The number of benzene rings is 1. The SMILES string of the molecule is Nc1ccc2c(c1)c(N)nn2Cc1ncco1. The Kier molecular flexibility index (Phi) is 2.01. The quantitative estimate of drug-likeness (QED) is 0.644. The highest BCUT2D eigenvalue weighted by molar-refractivity contribution is 5.91. The molecule has 1 aromatic carbocycles. The number of oxazole rings is 1. The number of hydrogen-bond donors (Lipinski definition) is 2. The number of hydrogen-bond acceptors (Lipinski definition) is 5. The van der Waals surface area contributed by atoms with E-state index in [0.717, 1.165) is 10.9 Å². The van der Waals surface area contributed by atoms with Crippen LogP contribution < -0.4 is 11.5 Å². The minimum Gasteiger partial charge on any atom is -0.447 e. The molecule has 6 heteroatoms. The minimum atomic E-state index is 0.449. The van der Waals surface area contributed by atoms with Crippen LogP contribution in [0.25, 0.3) is 10.9 Å². The summed E-state index contributed by atoms with van der Waals surface area (Å²) in [6.45, 7) is 0.449. The molecule has 0 spiro atoms. The second kappa shape index (κ2) is 3.51. The minimum absolute atomic E-state index is 0.449. The number of nitrogens with two attached hydrogens (primary N) is 2. The van der Waals surface area contributed by atoms with Crippen LogP contribution in [0.1, 0.15) is 5.89 Å². The Labute approximate surface area is 96.8 Å². The summed E-state index contributed by atoms with van der Waals surface area (Å²) in [5, 5.41) is 5.09. The predicted molar refractivity (Wildman–Crippen MR) is 64.2 cm³/mol. The van der Waals surface area contributed by atoms with E-state index in [-0.39, 0.29) is 0 Å². The van der Waals surface area contributed by atoms with E-state index in [1.165, 1.54) is 6.26 Å². The van der Waals surface area contributed by atoms with Crippen molar-refractivity contribution in [3.63, 3.8) is 0 Å². The van der Waals surface area contributed by atoms with Crippen molar-refractivity contribution >= 4 is 22.4 Å². The molecule has 17 heavy (non-hydrogen) atoms. The average molecular weight is 229 g/mol. The lowest BCUT2D eigenvalue weighted by Crippen LogP contribution is -2.02. The Balaban J connectivity index is 2.11. The van der Waals surface area contributed by atoms with Gasteiger partial charge in [-0.05, 0) is 18.2 Å². The van der Waals surface area contributed by atoms with Crippen molar-refractivity contribution in [1.82, 2.24) is 14.8 Å². The molecule has 0 amide bonds. The summed E-state index contributed by atoms with van der Waals surface area (Å²) < 4.78 is 6.93. The molecule has 0 bridgehead atoms. The topological polar surface area (TPSA) is 95.9 Å². The summed E-state index contributed by atoms with van der Waals surface area (Å²) in [5.74, 6) is 1.05. The Hall–Kier alpha value is -2.50. The van der Waals surface area contributed by atoms with E-state index in [4.69, 9.17) is 15.9 Å². The van der Waals surface area contributed by atoms with Gasteiger partial charge in [-0.1, -0.05) is 0 Å². The highest BCUT2D eigenvalue weighted by Gasteiger charge is 2.10. The van der Waals surface area contributed by atoms with Gasteiger partial charge in [0.1, 0.15) is 12.8 Å². The molecule has 0 aliphatic heterocycles. The van der Waals surface area contributed by atoms with E-state index in [0.29, 0.717) is 23.9 Å². The molecule has 0 unspecified atom stereocenters. The lowest BCUT2D eigenvalue weighted by Gasteiger charge is -1.99. The molecule has 0 aliphatic carbocycles. The molecule has 2 heterocycles. The fourth-order valence-corrected chi connectivity index (χ4v) is 1.80. The summed E-state index contributed by atoms with van der Waals surface area (Å²) in [5.41, 5.74) is 13.1. The van der Waals surface area contributed by atoms with Gasteiger partial charge in [-0.3, -0.25) is 4.68 Å². The maximum absolute atomic E-state index is 5.84. The molecule has 86 valence electrons. The predicted octanol–water partition coefficient (Wildman–Crippen LogP) is 1.24. The van der Waals surface area contributed by atoms with Crippen LogP contribution in [-0.4, -0.2) is 14.8 Å². The van der Waals surface area contributed by atoms with E-state index in [1.807, 2.05) is 18.2 Å². The van der Waals surface area contributed by atoms with Gasteiger partial charge in [0, 0.05) is 11.1 Å². The van der Waals surface area contributed by atoms with Gasteiger partial charge in [-0.15, -0.1) is 0 Å². The van der Waals surface area contributed by atoms with Gasteiger partial charge in [0.25, 0.3) is 0 Å². The normalized spacial score (nSPS) is 11.1. The Morgan fingerprint density at radius 3 is 2.94 bits per heavy atom. The van der Waals surface area contributed by atoms with Crippen LogP contribution >= 0.6 is 0 Å². The number of aromatic nitrogens is 3. The summed E-state index contributed by atoms with van der Waals surface area (Å²) in [7, 11) is 0. The fraction of sp³-hybridized carbons (Fsp3) is 0.0909. The molecule has 2 aromatic heterocycles. The summed E-state index contributed by atoms with van der Waals surface area (Å²) in [6, 6.07) is 5.51. The van der Waals surface area contributed by atoms with Gasteiger partial charge in [0.05, 0.1) is 11.7 Å². The maximum Gasteiger partial charge on any atom is 0.215 e. The Morgan fingerprint density at radius 2 is 2.18 bits per heavy atom. The highest BCUT2D eigenvalue weighted by Crippen LogP contribution is 2.23. The molecule has 6 nitrogen and oxygen atoms in total. The molecule has 0 fully saturated rings. The monoisotopic (exact) mass is 229 g/mol. The van der Waals surface area contributed by atoms with Gasteiger partial charge < -0.3 is 15.9 Å². The summed E-state index contributed by atoms with van der Waals surface area (Å²) >= 11 is 0. The first-order valence-electron chi connectivity index (χ1n) is 5.14. The van der Waals surface area contributed by atoms with Crippen LogP contribution in [0, 0.1) is 0 Å². The van der Waals surface area contributed by atoms with Crippen LogP contribution in [0.5, 0.6) is 0 Å². The first-order chi connectivity index (χ1) is 8.24. The van der Waals surface area contributed by atoms with Crippen LogP contribution in [0.2, 0.25) is 0 Å². The molecule has 0 aliphatic rings. The van der Waals surface area contributed by atoms with Crippen molar-refractivity contribution in [2.75, 3.05) is 11.5 Å². The lowest BCUT2D eigenvalue weighted by atomic mass is 10.2. The summed E-state index contributed by atoms with van der Waals surface area (Å²) in [4.78, 5) is 4.05. The molecular weight excluding hydrogens is 218 g/mol. The number of rotatable bonds is 2. The first-order valence-corrected chi connectivity index (χ1v) is 5.14. The molecule has 3 rings (SSSR count). The van der Waals surface area contributed by atoms with Crippen molar-refractivity contribution in [2.24, 2.45) is 0 Å². The smallest absolute Gasteiger partial charge is 0.215 e. The lowest BCUT2D eigenvalue weighted by molar-refractivity contribution is 0.470. The second-order valence-corrected chi connectivity index (χ2v) is 3.75. The number of nitrogens with zero attached hydrogens (tertiary/aromatic N) is 3. The van der Waals surface area contributed by atoms with Crippen LogP contribution in [0.15, 0.2) is 35.1 Å². The standard InChI is InChI=1S/C11H11N5O/c12-7-1-2-9-8(5-7)11(13)15-16(9)6-10-14-3-4-17-10/h1-5H,6,12H2,(H2,13,15). The van der Waals surface area contributed by atoms with Gasteiger partial charge in [0.15, 0.2) is 5.82 Å². The van der Waals surface area contributed by atoms with Crippen molar-refractivity contribution in [2.45, 2.75) is 6.54 Å². The van der Waals surface area contributed by atoms with E-state index in [2.05, 4.69) is 10.1 Å². The van der Waals surface area contributed by atoms with Gasteiger partial charge in [-0.2, -0.15) is 5.10 Å². The maximum atomic E-state index is 5.84. The molecule has 0 atom stereocenters. The number of nitrogen functional groups attached to an aromatic ring is 2. The highest BCUT2D eigenvalue weighted by atomic mass is 16.3. The first kappa shape index (κ1) is 9.71. The fourth-order valence-electron chi connectivity index (χ4n) is 1.80. The molecule has 3 aromatic rings. The molecular formula is C11H11N5O. The molecule has 4 N–H and O–H groups in total. The van der Waals surface area contributed by atoms with Crippen LogP contribution in [0.3, 0.4) is 0 Å². The zero-order valence-electron chi connectivity index (χ0n) is 9.00. The number of anilines is 2. The Morgan fingerprint density at radius 1 is 1.29 bits per heavy atom. The van der Waals surface area contributed by atoms with Gasteiger partial charge in [0.2, 0.25) is 5.89 Å². The molecule has 0 saturated carbocycles. The largest absolute Gasteiger partial charge is 0.447 e. The molecule has 0 radical (unpaired) electrons.